The van der Waals surface area contributed by atoms with Crippen LogP contribution in [0.1, 0.15) is 17.3 Å². The van der Waals surface area contributed by atoms with Crippen LogP contribution in [0.25, 0.3) is 0 Å². The Labute approximate surface area is 221 Å². The van der Waals surface area contributed by atoms with Crippen LogP contribution in [0.15, 0.2) is 18.2 Å². The van der Waals surface area contributed by atoms with Crippen molar-refractivity contribution in [1.82, 2.24) is 0 Å². The predicted molar refractivity (Wildman–Crippen MR) is 66.0 cm³/mol. The summed E-state index contributed by atoms with van der Waals surface area (Å²) >= 11 is 0. The average molecular weight is 391 g/mol. The molecule has 0 saturated heterocycles. The number of hydrogen-bond donors (Lipinski definition) is 0. The van der Waals surface area contributed by atoms with Crippen LogP contribution in [0.2, 0.25) is 0 Å². The summed E-state index contributed by atoms with van der Waals surface area (Å²) in [4.78, 5) is 40.0. The van der Waals surface area contributed by atoms with Gasteiger partial charge in [-0.05, 0) is 25.2 Å². The number of rotatable bonds is 6. The van der Waals surface area contributed by atoms with Gasteiger partial charge in [-0.2, -0.15) is 0 Å². The zero-order valence-electron chi connectivity index (χ0n) is 13.3. The Hall–Kier alpha value is 0.103. The minimum atomic E-state index is -2.33. The molecule has 0 aliphatic rings. The number of carbonyl (C=O) groups excluding carboxylic acids is 3. The molecule has 0 aliphatic heterocycles. The number of nitro benzene ring substituents is 1. The number of ether oxygens (including phenoxy) is 2. The maximum atomic E-state index is 11.0. The SMILES string of the molecule is CCOC(=O)COc1ccc(C=O)cc1[N+](=O)[O-].O=C([O-])[O-].[K+].[K+]. The summed E-state index contributed by atoms with van der Waals surface area (Å²) in [6, 6.07) is 3.70. The van der Waals surface area contributed by atoms with Gasteiger partial charge in [0.05, 0.1) is 11.5 Å². The predicted octanol–water partition coefficient (Wildman–Crippen LogP) is -7.09. The molecular weight excluding hydrogens is 380 g/mol. The number of nitrogens with zero attached hydrogens (tertiary/aromatic N) is 1. The van der Waals surface area contributed by atoms with Crippen LogP contribution in [0, 0.1) is 10.1 Å². The van der Waals surface area contributed by atoms with Gasteiger partial charge in [-0.3, -0.25) is 14.9 Å². The molecule has 1 aromatic carbocycles. The minimum Gasteiger partial charge on any atom is -0.652 e. The summed E-state index contributed by atoms with van der Waals surface area (Å²) in [6.07, 6.45) is -1.85. The largest absolute Gasteiger partial charge is 1.00 e. The molecule has 0 spiro atoms. The van der Waals surface area contributed by atoms with E-state index in [1.54, 1.807) is 6.92 Å². The van der Waals surface area contributed by atoms with Gasteiger partial charge in [0.15, 0.2) is 12.4 Å². The molecule has 10 nitrogen and oxygen atoms in total. The Bertz CT molecular complexity index is 561. The van der Waals surface area contributed by atoms with Gasteiger partial charge in [-0.15, -0.1) is 0 Å². The van der Waals surface area contributed by atoms with E-state index in [1.807, 2.05) is 0 Å². The third-order valence-electron chi connectivity index (χ3n) is 1.97. The van der Waals surface area contributed by atoms with Crippen LogP contribution in [-0.4, -0.2) is 36.5 Å². The van der Waals surface area contributed by atoms with Crippen LogP contribution in [-0.2, 0) is 9.53 Å². The van der Waals surface area contributed by atoms with Gasteiger partial charge in [0.1, 0.15) is 6.29 Å². The Morgan fingerprint density at radius 2 is 1.79 bits per heavy atom. The van der Waals surface area contributed by atoms with E-state index in [9.17, 15) is 19.7 Å². The van der Waals surface area contributed by atoms with Crippen LogP contribution in [0.3, 0.4) is 0 Å². The topological polar surface area (TPSA) is 159 Å². The summed E-state index contributed by atoms with van der Waals surface area (Å²) in [5, 5.41) is 27.4. The number of carboxylic acid groups (broad SMARTS) is 2. The molecule has 0 aliphatic carbocycles. The normalized spacial score (nSPS) is 8.21. The van der Waals surface area contributed by atoms with E-state index in [1.165, 1.54) is 12.1 Å². The molecule has 0 amide bonds. The summed E-state index contributed by atoms with van der Waals surface area (Å²) in [5.41, 5.74) is -0.214. The van der Waals surface area contributed by atoms with Crippen LogP contribution >= 0.6 is 0 Å². The van der Waals surface area contributed by atoms with E-state index >= 15 is 0 Å². The van der Waals surface area contributed by atoms with Gasteiger partial charge < -0.3 is 24.5 Å². The number of hydrogen-bond acceptors (Lipinski definition) is 9. The first-order valence-corrected chi connectivity index (χ1v) is 5.71. The van der Waals surface area contributed by atoms with Crippen molar-refractivity contribution >= 4 is 24.1 Å². The standard InChI is InChI=1S/C11H11NO6.CH2O3.2K/c1-2-17-11(14)7-18-10-4-3-8(6-13)5-9(10)12(15)16;2-1(3)4;;/h3-6H,2,7H2,1H3;(H2,2,3,4);;/q;;2*+1/p-2. The van der Waals surface area contributed by atoms with E-state index < -0.39 is 23.7 Å². The van der Waals surface area contributed by atoms with Crippen molar-refractivity contribution in [3.63, 3.8) is 0 Å². The van der Waals surface area contributed by atoms with E-state index in [0.717, 1.165) is 6.07 Å². The second-order valence-corrected chi connectivity index (χ2v) is 3.45. The first-order valence-electron chi connectivity index (χ1n) is 5.71. The molecule has 0 unspecified atom stereocenters. The van der Waals surface area contributed by atoms with Gasteiger partial charge >= 0.3 is 114 Å². The van der Waals surface area contributed by atoms with Crippen LogP contribution in [0.4, 0.5) is 10.5 Å². The molecule has 0 fully saturated rings. The fourth-order valence-electron chi connectivity index (χ4n) is 1.21. The van der Waals surface area contributed by atoms with Crippen molar-refractivity contribution < 1.29 is 142 Å². The second kappa shape index (κ2) is 16.6. The molecule has 12 heteroatoms. The molecule has 0 radical (unpaired) electrons. The summed E-state index contributed by atoms with van der Waals surface area (Å²) in [7, 11) is 0. The van der Waals surface area contributed by atoms with Crippen molar-refractivity contribution in [2.75, 3.05) is 13.2 Å². The van der Waals surface area contributed by atoms with Gasteiger partial charge in [-0.25, -0.2) is 4.79 Å². The summed E-state index contributed by atoms with van der Waals surface area (Å²) < 4.78 is 9.60. The maximum Gasteiger partial charge on any atom is 1.00 e. The molecule has 1 aromatic rings. The van der Waals surface area contributed by atoms with Gasteiger partial charge in [0.25, 0.3) is 0 Å². The molecule has 24 heavy (non-hydrogen) atoms. The Morgan fingerprint density at radius 3 is 2.21 bits per heavy atom. The Balaban J connectivity index is -0.000000661. The first-order chi connectivity index (χ1) is 10.3. The fourth-order valence-corrected chi connectivity index (χ4v) is 1.21. The van der Waals surface area contributed by atoms with Gasteiger partial charge in [-0.1, -0.05) is 0 Å². The quantitative estimate of drug-likeness (QED) is 0.151. The Morgan fingerprint density at radius 1 is 1.25 bits per heavy atom. The zero-order valence-corrected chi connectivity index (χ0v) is 19.6. The van der Waals surface area contributed by atoms with Crippen LogP contribution < -0.4 is 118 Å². The number of benzene rings is 1. The molecule has 0 heterocycles. The molecule has 120 valence electrons. The zero-order chi connectivity index (χ0) is 17.1. The molecule has 0 bridgehead atoms. The molecule has 0 aromatic heterocycles. The van der Waals surface area contributed by atoms with Crippen molar-refractivity contribution in [2.45, 2.75) is 6.92 Å². The number of nitro groups is 1. The molecule has 1 rings (SSSR count). The molecule has 0 atom stereocenters. The van der Waals surface area contributed by atoms with Gasteiger partial charge in [0, 0.05) is 11.6 Å². The number of aldehydes is 1. The van der Waals surface area contributed by atoms with E-state index in [4.69, 9.17) is 19.7 Å². The van der Waals surface area contributed by atoms with Crippen LogP contribution in [0.5, 0.6) is 5.75 Å². The van der Waals surface area contributed by atoms with Gasteiger partial charge in [0.2, 0.25) is 0 Å². The van der Waals surface area contributed by atoms with Crippen molar-refractivity contribution in [2.24, 2.45) is 0 Å². The van der Waals surface area contributed by atoms with Crippen molar-refractivity contribution in [1.29, 1.82) is 0 Å². The fraction of sp³-hybridized carbons (Fsp3) is 0.250. The molecular formula is C12H11K2NO9. The third-order valence-corrected chi connectivity index (χ3v) is 1.97. The summed E-state index contributed by atoms with van der Waals surface area (Å²) in [5.74, 6) is -0.704. The average Bonchev–Trinajstić information content (AvgIpc) is 2.44. The van der Waals surface area contributed by atoms with Crippen molar-refractivity contribution in [3.05, 3.63) is 33.9 Å². The first kappa shape index (κ1) is 28.9. The van der Waals surface area contributed by atoms with E-state index in [0.29, 0.717) is 6.29 Å². The minimum absolute atomic E-state index is 0. The second-order valence-electron chi connectivity index (χ2n) is 3.45. The van der Waals surface area contributed by atoms with E-state index in [-0.39, 0.29) is 126 Å². The smallest absolute Gasteiger partial charge is 0.652 e. The maximum absolute atomic E-state index is 11.0. The number of esters is 1. The monoisotopic (exact) mass is 391 g/mol. The van der Waals surface area contributed by atoms with Crippen molar-refractivity contribution in [3.8, 4) is 5.75 Å². The third kappa shape index (κ3) is 13.4. The Kier molecular flexibility index (Phi) is 19.9. The summed E-state index contributed by atoms with van der Waals surface area (Å²) in [6.45, 7) is 1.42. The number of carbonyl (C=O) groups is 3. The molecule has 0 N–H and O–H groups in total. The molecule has 0 saturated carbocycles. The van der Waals surface area contributed by atoms with E-state index in [2.05, 4.69) is 4.74 Å².